The van der Waals surface area contributed by atoms with E-state index in [0.29, 0.717) is 13.2 Å². The van der Waals surface area contributed by atoms with Crippen molar-refractivity contribution in [2.75, 3.05) is 19.8 Å². The molecule has 0 saturated carbocycles. The summed E-state index contributed by atoms with van der Waals surface area (Å²) in [6, 6.07) is 11.0. The van der Waals surface area contributed by atoms with Crippen LogP contribution in [0.2, 0.25) is 0 Å². The number of rotatable bonds is 10. The Morgan fingerprint density at radius 2 is 2.00 bits per heavy atom. The first kappa shape index (κ1) is 23.6. The summed E-state index contributed by atoms with van der Waals surface area (Å²) in [6.07, 6.45) is 1.39. The van der Waals surface area contributed by atoms with Crippen molar-refractivity contribution in [3.63, 3.8) is 0 Å². The number of nitrogens with one attached hydrogen (secondary N) is 1. The van der Waals surface area contributed by atoms with Crippen LogP contribution in [0.15, 0.2) is 30.3 Å². The average molecular weight is 433 g/mol. The first-order valence-electron chi connectivity index (χ1n) is 11.0. The molecule has 0 radical (unpaired) electrons. The van der Waals surface area contributed by atoms with Gasteiger partial charge in [-0.05, 0) is 6.42 Å². The lowest BCUT2D eigenvalue weighted by Gasteiger charge is -2.49. The normalized spacial score (nSPS) is 30.2. The first-order chi connectivity index (χ1) is 15.1. The van der Waals surface area contributed by atoms with Crippen LogP contribution in [0.25, 0.3) is 0 Å². The zero-order valence-corrected chi connectivity index (χ0v) is 18.2. The minimum Gasteiger partial charge on any atom is -0.358 e. The molecule has 1 N–H and O–H groups in total. The third kappa shape index (κ3) is 6.48. The highest BCUT2D eigenvalue weighted by molar-refractivity contribution is 5.73. The van der Waals surface area contributed by atoms with Gasteiger partial charge in [0.05, 0.1) is 12.7 Å². The molecule has 8 nitrogen and oxygen atoms in total. The minimum atomic E-state index is -0.712. The lowest BCUT2D eigenvalue weighted by Crippen LogP contribution is -2.67. The Morgan fingerprint density at radius 1 is 1.19 bits per heavy atom. The van der Waals surface area contributed by atoms with Gasteiger partial charge in [0.15, 0.2) is 12.6 Å². The van der Waals surface area contributed by atoms with Crippen LogP contribution >= 0.6 is 0 Å². The SMILES string of the molecule is CCCCCCO[C@@H]1O[C@@H]2COC(c3ccccc3)O[C@H]2[C@H](OCC#N)[C@H]1NC(C)=O. The molecule has 0 spiro atoms. The Bertz CT molecular complexity index is 725. The summed E-state index contributed by atoms with van der Waals surface area (Å²) < 4.78 is 30.1. The number of nitrogens with zero attached hydrogens (tertiary/aromatic N) is 1. The van der Waals surface area contributed by atoms with Crippen molar-refractivity contribution in [1.29, 1.82) is 5.26 Å². The molecule has 2 heterocycles. The number of benzene rings is 1. The lowest BCUT2D eigenvalue weighted by atomic mass is 9.95. The molecule has 3 rings (SSSR count). The van der Waals surface area contributed by atoms with Gasteiger partial charge >= 0.3 is 0 Å². The number of hydrogen-bond acceptors (Lipinski definition) is 7. The number of carbonyl (C=O) groups excluding carboxylic acids is 1. The number of nitriles is 1. The van der Waals surface area contributed by atoms with Crippen LogP contribution in [0, 0.1) is 11.3 Å². The molecular formula is C23H32N2O6. The summed E-state index contributed by atoms with van der Waals surface area (Å²) in [4.78, 5) is 11.9. The second kappa shape index (κ2) is 12.1. The second-order valence-electron chi connectivity index (χ2n) is 7.81. The van der Waals surface area contributed by atoms with Gasteiger partial charge in [-0.2, -0.15) is 5.26 Å². The number of unbranched alkanes of at least 4 members (excludes halogenated alkanes) is 3. The monoisotopic (exact) mass is 432 g/mol. The highest BCUT2D eigenvalue weighted by Gasteiger charge is 2.51. The molecule has 1 aromatic carbocycles. The predicted molar refractivity (Wildman–Crippen MR) is 112 cm³/mol. The topological polar surface area (TPSA) is 99.0 Å². The zero-order chi connectivity index (χ0) is 22.1. The van der Waals surface area contributed by atoms with Gasteiger partial charge in [0.2, 0.25) is 5.91 Å². The maximum atomic E-state index is 11.9. The maximum Gasteiger partial charge on any atom is 0.217 e. The molecule has 0 aliphatic carbocycles. The fourth-order valence-electron chi connectivity index (χ4n) is 3.94. The molecule has 0 bridgehead atoms. The largest absolute Gasteiger partial charge is 0.358 e. The van der Waals surface area contributed by atoms with E-state index in [1.807, 2.05) is 36.4 Å². The molecule has 170 valence electrons. The van der Waals surface area contributed by atoms with Gasteiger partial charge in [-0.15, -0.1) is 0 Å². The molecule has 8 heteroatoms. The van der Waals surface area contributed by atoms with Crippen molar-refractivity contribution in [1.82, 2.24) is 5.32 Å². The second-order valence-corrected chi connectivity index (χ2v) is 7.81. The van der Waals surface area contributed by atoms with Gasteiger partial charge in [0.1, 0.15) is 31.0 Å². The van der Waals surface area contributed by atoms with E-state index in [1.54, 1.807) is 0 Å². The molecule has 2 aliphatic rings. The Balaban J connectivity index is 1.75. The third-order valence-electron chi connectivity index (χ3n) is 5.40. The standard InChI is InChI=1S/C23H32N2O6/c1-3-4-5-9-13-28-23-19(25-16(2)26)21(27-14-12-24)20-18(30-23)15-29-22(31-20)17-10-7-6-8-11-17/h6-8,10-11,18-23H,3-5,9,13-15H2,1-2H3,(H,25,26)/t18-,19-,20-,21-,22?,23-/m1/s1. The summed E-state index contributed by atoms with van der Waals surface area (Å²) in [5, 5.41) is 12.0. The molecule has 0 aromatic heterocycles. The van der Waals surface area contributed by atoms with Crippen molar-refractivity contribution >= 4 is 5.91 Å². The van der Waals surface area contributed by atoms with Crippen molar-refractivity contribution in [2.45, 2.75) is 76.5 Å². The van der Waals surface area contributed by atoms with E-state index in [0.717, 1.165) is 31.2 Å². The van der Waals surface area contributed by atoms with Crippen molar-refractivity contribution in [2.24, 2.45) is 0 Å². The summed E-state index contributed by atoms with van der Waals surface area (Å²) in [5.74, 6) is -0.233. The predicted octanol–water partition coefficient (Wildman–Crippen LogP) is 2.84. The van der Waals surface area contributed by atoms with E-state index in [1.165, 1.54) is 6.92 Å². The molecule has 31 heavy (non-hydrogen) atoms. The van der Waals surface area contributed by atoms with Crippen LogP contribution in [-0.4, -0.2) is 56.4 Å². The first-order valence-corrected chi connectivity index (χ1v) is 11.0. The van der Waals surface area contributed by atoms with Crippen LogP contribution in [-0.2, 0) is 28.5 Å². The fraction of sp³-hybridized carbons (Fsp3) is 0.652. The molecule has 1 amide bonds. The number of fused-ring (bicyclic) bond motifs is 1. The molecule has 6 atom stereocenters. The van der Waals surface area contributed by atoms with Crippen molar-refractivity contribution in [3.8, 4) is 6.07 Å². The van der Waals surface area contributed by atoms with Gasteiger partial charge in [-0.25, -0.2) is 0 Å². The van der Waals surface area contributed by atoms with Crippen LogP contribution in [0.5, 0.6) is 0 Å². The van der Waals surface area contributed by atoms with E-state index >= 15 is 0 Å². The molecular weight excluding hydrogens is 400 g/mol. The number of carbonyl (C=O) groups is 1. The number of amides is 1. The molecule has 1 unspecified atom stereocenters. The molecule has 2 saturated heterocycles. The fourth-order valence-corrected chi connectivity index (χ4v) is 3.94. The van der Waals surface area contributed by atoms with E-state index in [9.17, 15) is 4.79 Å². The third-order valence-corrected chi connectivity index (χ3v) is 5.40. The van der Waals surface area contributed by atoms with E-state index in [2.05, 4.69) is 12.2 Å². The van der Waals surface area contributed by atoms with Crippen molar-refractivity contribution < 1.29 is 28.5 Å². The summed E-state index contributed by atoms with van der Waals surface area (Å²) in [7, 11) is 0. The highest BCUT2D eigenvalue weighted by Crippen LogP contribution is 2.35. The maximum absolute atomic E-state index is 11.9. The van der Waals surface area contributed by atoms with E-state index in [4.69, 9.17) is 28.9 Å². The van der Waals surface area contributed by atoms with Gasteiger partial charge in [-0.1, -0.05) is 56.5 Å². The van der Waals surface area contributed by atoms with Gasteiger partial charge in [-0.3, -0.25) is 4.79 Å². The number of ether oxygens (including phenoxy) is 5. The Kier molecular flexibility index (Phi) is 9.25. The number of hydrogen-bond donors (Lipinski definition) is 1. The van der Waals surface area contributed by atoms with Gasteiger partial charge < -0.3 is 29.0 Å². The molecule has 1 aromatic rings. The van der Waals surface area contributed by atoms with E-state index < -0.39 is 36.9 Å². The molecule has 2 fully saturated rings. The Labute approximate surface area is 183 Å². The lowest BCUT2D eigenvalue weighted by molar-refractivity contribution is -0.347. The van der Waals surface area contributed by atoms with Crippen LogP contribution in [0.4, 0.5) is 0 Å². The summed E-state index contributed by atoms with van der Waals surface area (Å²) in [6.45, 7) is 4.26. The quantitative estimate of drug-likeness (QED) is 0.568. The van der Waals surface area contributed by atoms with Gasteiger partial charge in [0.25, 0.3) is 0 Å². The van der Waals surface area contributed by atoms with Crippen molar-refractivity contribution in [3.05, 3.63) is 35.9 Å². The Hall–Kier alpha value is -2.02. The van der Waals surface area contributed by atoms with E-state index in [-0.39, 0.29) is 12.5 Å². The minimum absolute atomic E-state index is 0.132. The van der Waals surface area contributed by atoms with Crippen LogP contribution in [0.3, 0.4) is 0 Å². The smallest absolute Gasteiger partial charge is 0.217 e. The zero-order valence-electron chi connectivity index (χ0n) is 18.2. The average Bonchev–Trinajstić information content (AvgIpc) is 2.78. The summed E-state index contributed by atoms with van der Waals surface area (Å²) >= 11 is 0. The van der Waals surface area contributed by atoms with Crippen LogP contribution < -0.4 is 5.32 Å². The highest BCUT2D eigenvalue weighted by atomic mass is 16.7. The Morgan fingerprint density at radius 3 is 2.71 bits per heavy atom. The van der Waals surface area contributed by atoms with Gasteiger partial charge in [0, 0.05) is 19.1 Å². The molecule has 2 aliphatic heterocycles. The summed E-state index contributed by atoms with van der Waals surface area (Å²) in [5.41, 5.74) is 0.880. The van der Waals surface area contributed by atoms with Crippen LogP contribution in [0.1, 0.15) is 51.4 Å².